The molecule has 0 saturated carbocycles. The van der Waals surface area contributed by atoms with Gasteiger partial charge in [0.05, 0.1) is 24.4 Å². The molecule has 0 bridgehead atoms. The van der Waals surface area contributed by atoms with E-state index >= 15 is 0 Å². The number of ketones is 1. The van der Waals surface area contributed by atoms with Gasteiger partial charge in [-0.1, -0.05) is 0 Å². The Morgan fingerprint density at radius 1 is 1.08 bits per heavy atom. The van der Waals surface area contributed by atoms with Crippen molar-refractivity contribution in [3.8, 4) is 23.0 Å². The van der Waals surface area contributed by atoms with E-state index in [0.29, 0.717) is 57.5 Å². The Labute approximate surface area is 159 Å². The van der Waals surface area contributed by atoms with Crippen molar-refractivity contribution in [2.75, 3.05) is 33.2 Å². The van der Waals surface area contributed by atoms with Gasteiger partial charge in [0.15, 0.2) is 17.3 Å². The number of Topliss-reactive ketones (excluding diaryl/α,β-unsaturated/α-hetero) is 1. The Hall–Kier alpha value is -2.67. The number of methoxy groups -OCH3 is 2. The summed E-state index contributed by atoms with van der Waals surface area (Å²) in [5, 5.41) is 0. The average molecular weight is 420 g/mol. The fourth-order valence-electron chi connectivity index (χ4n) is 2.57. The first kappa shape index (κ1) is 18.1. The molecule has 0 unspecified atom stereocenters. The van der Waals surface area contributed by atoms with Crippen molar-refractivity contribution in [3.05, 3.63) is 45.9 Å². The Bertz CT molecular complexity index is 878. The second kappa shape index (κ2) is 7.70. The average Bonchev–Trinajstić information content (AvgIpc) is 2.67. The van der Waals surface area contributed by atoms with Crippen LogP contribution >= 0.6 is 15.9 Å². The topological polar surface area (TPSA) is 80.0 Å². The van der Waals surface area contributed by atoms with Crippen LogP contribution in [0.15, 0.2) is 34.8 Å². The van der Waals surface area contributed by atoms with Gasteiger partial charge in [0.1, 0.15) is 24.7 Å². The smallest absolute Gasteiger partial charge is 0.200 e. The molecule has 0 atom stereocenters. The zero-order valence-electron chi connectivity index (χ0n) is 14.4. The number of allylic oxidation sites excluding steroid dienone is 1. The van der Waals surface area contributed by atoms with Gasteiger partial charge in [-0.15, -0.1) is 0 Å². The van der Waals surface area contributed by atoms with Crippen molar-refractivity contribution in [1.29, 1.82) is 0 Å². The van der Waals surface area contributed by atoms with Crippen molar-refractivity contribution in [3.63, 3.8) is 0 Å². The maximum absolute atomic E-state index is 12.7. The maximum atomic E-state index is 12.7. The molecule has 0 aromatic heterocycles. The van der Waals surface area contributed by atoms with Gasteiger partial charge >= 0.3 is 0 Å². The Kier molecular flexibility index (Phi) is 5.37. The lowest BCUT2D eigenvalue weighted by Crippen LogP contribution is -2.15. The van der Waals surface area contributed by atoms with Gasteiger partial charge < -0.3 is 24.7 Å². The summed E-state index contributed by atoms with van der Waals surface area (Å²) in [5.74, 6) is 2.06. The second-order valence-electron chi connectivity index (χ2n) is 5.52. The fraction of sp³-hybridized carbons (Fsp3) is 0.211. The molecule has 136 valence electrons. The van der Waals surface area contributed by atoms with E-state index in [-0.39, 0.29) is 5.78 Å². The molecule has 3 rings (SSSR count). The fourth-order valence-corrected chi connectivity index (χ4v) is 3.04. The molecule has 0 radical (unpaired) electrons. The van der Waals surface area contributed by atoms with Crippen LogP contribution in [0.1, 0.15) is 15.9 Å². The minimum absolute atomic E-state index is 0.208. The standard InChI is InChI=1S/C19H18BrNO5/c1-23-15-10-18-17(25-5-6-26-18)9-12(15)7-13(20)19(22)11-3-4-14(21)16(8-11)24-2/h3-4,7-10H,5-6,21H2,1-2H3. The summed E-state index contributed by atoms with van der Waals surface area (Å²) in [4.78, 5) is 12.7. The highest BCUT2D eigenvalue weighted by atomic mass is 79.9. The first-order chi connectivity index (χ1) is 12.5. The van der Waals surface area contributed by atoms with E-state index in [4.69, 9.17) is 24.7 Å². The Balaban J connectivity index is 1.95. The normalized spacial score (nSPS) is 13.3. The molecule has 0 spiro atoms. The number of rotatable bonds is 5. The minimum atomic E-state index is -0.208. The SMILES string of the molecule is COc1cc(C(=O)C(Br)=Cc2cc3c(cc2OC)OCCO3)ccc1N. The van der Waals surface area contributed by atoms with Crippen LogP contribution in [-0.4, -0.2) is 33.2 Å². The van der Waals surface area contributed by atoms with E-state index in [1.165, 1.54) is 7.11 Å². The van der Waals surface area contributed by atoms with Gasteiger partial charge in [-0.2, -0.15) is 0 Å². The third-order valence-electron chi connectivity index (χ3n) is 3.89. The van der Waals surface area contributed by atoms with Gasteiger partial charge in [-0.3, -0.25) is 4.79 Å². The summed E-state index contributed by atoms with van der Waals surface area (Å²) in [6.45, 7) is 0.973. The van der Waals surface area contributed by atoms with Crippen LogP contribution < -0.4 is 24.7 Å². The third-order valence-corrected chi connectivity index (χ3v) is 4.48. The molecular formula is C19H18BrNO5. The monoisotopic (exact) mass is 419 g/mol. The van der Waals surface area contributed by atoms with Crippen LogP contribution in [0.4, 0.5) is 5.69 Å². The highest BCUT2D eigenvalue weighted by Crippen LogP contribution is 2.38. The van der Waals surface area contributed by atoms with Crippen LogP contribution in [0.2, 0.25) is 0 Å². The van der Waals surface area contributed by atoms with Crippen LogP contribution in [0.5, 0.6) is 23.0 Å². The van der Waals surface area contributed by atoms with Crippen LogP contribution in [0.25, 0.3) is 6.08 Å². The number of carbonyl (C=O) groups is 1. The van der Waals surface area contributed by atoms with E-state index in [1.807, 2.05) is 0 Å². The molecule has 7 heteroatoms. The summed E-state index contributed by atoms with van der Waals surface area (Å²) in [6, 6.07) is 8.42. The molecule has 2 N–H and O–H groups in total. The number of ether oxygens (including phenoxy) is 4. The number of hydrogen-bond donors (Lipinski definition) is 1. The molecule has 0 fully saturated rings. The van der Waals surface area contributed by atoms with Crippen LogP contribution in [-0.2, 0) is 0 Å². The van der Waals surface area contributed by atoms with Gasteiger partial charge in [0, 0.05) is 17.2 Å². The lowest BCUT2D eigenvalue weighted by atomic mass is 10.1. The molecule has 0 amide bonds. The Morgan fingerprint density at radius 2 is 1.73 bits per heavy atom. The number of nitrogens with two attached hydrogens (primary N) is 1. The van der Waals surface area contributed by atoms with Crippen LogP contribution in [0.3, 0.4) is 0 Å². The van der Waals surface area contributed by atoms with E-state index in [0.717, 1.165) is 0 Å². The van der Waals surface area contributed by atoms with Crippen molar-refractivity contribution >= 4 is 33.5 Å². The van der Waals surface area contributed by atoms with Crippen molar-refractivity contribution < 1.29 is 23.7 Å². The molecule has 26 heavy (non-hydrogen) atoms. The lowest BCUT2D eigenvalue weighted by molar-refractivity contribution is 0.104. The summed E-state index contributed by atoms with van der Waals surface area (Å²) in [5.41, 5.74) is 7.42. The Morgan fingerprint density at radius 3 is 2.38 bits per heavy atom. The van der Waals surface area contributed by atoms with E-state index in [1.54, 1.807) is 43.5 Å². The molecule has 1 aliphatic heterocycles. The zero-order valence-corrected chi connectivity index (χ0v) is 16.0. The first-order valence-corrected chi connectivity index (χ1v) is 8.66. The number of carbonyl (C=O) groups excluding carboxylic acids is 1. The maximum Gasteiger partial charge on any atom is 0.200 e. The van der Waals surface area contributed by atoms with Crippen molar-refractivity contribution in [2.45, 2.75) is 0 Å². The molecular weight excluding hydrogens is 402 g/mol. The number of halogens is 1. The number of anilines is 1. The lowest BCUT2D eigenvalue weighted by Gasteiger charge is -2.20. The molecule has 2 aromatic carbocycles. The second-order valence-corrected chi connectivity index (χ2v) is 6.37. The third kappa shape index (κ3) is 3.62. The van der Waals surface area contributed by atoms with Gasteiger partial charge in [-0.25, -0.2) is 0 Å². The summed E-state index contributed by atoms with van der Waals surface area (Å²) in [6.07, 6.45) is 1.68. The molecule has 0 aliphatic carbocycles. The first-order valence-electron chi connectivity index (χ1n) is 7.86. The van der Waals surface area contributed by atoms with Gasteiger partial charge in [-0.05, 0) is 46.3 Å². The minimum Gasteiger partial charge on any atom is -0.496 e. The molecule has 1 aliphatic rings. The van der Waals surface area contributed by atoms with Crippen molar-refractivity contribution in [1.82, 2.24) is 0 Å². The highest BCUT2D eigenvalue weighted by molar-refractivity contribution is 9.12. The molecule has 2 aromatic rings. The molecule has 6 nitrogen and oxygen atoms in total. The zero-order chi connectivity index (χ0) is 18.7. The van der Waals surface area contributed by atoms with Crippen LogP contribution in [0, 0.1) is 0 Å². The predicted molar refractivity (Wildman–Crippen MR) is 103 cm³/mol. The van der Waals surface area contributed by atoms with E-state index < -0.39 is 0 Å². The van der Waals surface area contributed by atoms with E-state index in [2.05, 4.69) is 15.9 Å². The highest BCUT2D eigenvalue weighted by Gasteiger charge is 2.18. The quantitative estimate of drug-likeness (QED) is 0.452. The number of benzene rings is 2. The van der Waals surface area contributed by atoms with Gasteiger partial charge in [0.2, 0.25) is 0 Å². The van der Waals surface area contributed by atoms with Crippen molar-refractivity contribution in [2.24, 2.45) is 0 Å². The van der Waals surface area contributed by atoms with E-state index in [9.17, 15) is 4.79 Å². The molecule has 1 heterocycles. The number of hydrogen-bond acceptors (Lipinski definition) is 6. The summed E-state index contributed by atoms with van der Waals surface area (Å²) in [7, 11) is 3.06. The number of fused-ring (bicyclic) bond motifs is 1. The largest absolute Gasteiger partial charge is 0.496 e. The molecule has 0 saturated heterocycles. The predicted octanol–water partition coefficient (Wildman–Crippen LogP) is 3.68. The number of nitrogen functional groups attached to an aromatic ring is 1. The summed E-state index contributed by atoms with van der Waals surface area (Å²) >= 11 is 3.35. The van der Waals surface area contributed by atoms with Gasteiger partial charge in [0.25, 0.3) is 0 Å². The summed E-state index contributed by atoms with van der Waals surface area (Å²) < 4.78 is 22.1.